The Hall–Kier alpha value is -3.72. The number of aromatic amines is 1. The zero-order valence-corrected chi connectivity index (χ0v) is 21.0. The van der Waals surface area contributed by atoms with Crippen molar-refractivity contribution in [3.63, 3.8) is 0 Å². The standard InChI is InChI=1S/C28H31N7O2/c1-18-17-37-13-12-33(18)26-14-23(24-15-30-35(28(24)31-26)25-10-11-29-32-25)20-4-2-19(3-5-20)21-6-9-27(36)34(16-21)22-7-8-22/h2-5,10-11,14-15,18,21-22H,6-9,12-13,16-17H2,1H3,(H,29,32)/t18-,21?/m1/s1. The lowest BCUT2D eigenvalue weighted by Gasteiger charge is -2.34. The second kappa shape index (κ2) is 8.99. The van der Waals surface area contributed by atoms with Gasteiger partial charge in [-0.25, -0.2) is 4.98 Å². The lowest BCUT2D eigenvalue weighted by Crippen LogP contribution is -2.44. The number of piperidine rings is 1. The minimum Gasteiger partial charge on any atom is -0.377 e. The van der Waals surface area contributed by atoms with Crippen molar-refractivity contribution in [3.8, 4) is 16.9 Å². The van der Waals surface area contributed by atoms with Crippen LogP contribution in [0.25, 0.3) is 28.0 Å². The van der Waals surface area contributed by atoms with Gasteiger partial charge in [-0.1, -0.05) is 24.3 Å². The molecule has 2 saturated heterocycles. The Morgan fingerprint density at radius 3 is 2.68 bits per heavy atom. The summed E-state index contributed by atoms with van der Waals surface area (Å²) < 4.78 is 7.48. The van der Waals surface area contributed by atoms with E-state index >= 15 is 0 Å². The van der Waals surface area contributed by atoms with E-state index in [2.05, 4.69) is 62.4 Å². The second-order valence-corrected chi connectivity index (χ2v) is 10.5. The number of H-pyrrole nitrogens is 1. The molecule has 1 aromatic carbocycles. The number of likely N-dealkylation sites (tertiary alicyclic amines) is 1. The van der Waals surface area contributed by atoms with Crippen LogP contribution in [-0.2, 0) is 9.53 Å². The van der Waals surface area contributed by atoms with Gasteiger partial charge in [0, 0.05) is 49.1 Å². The van der Waals surface area contributed by atoms with E-state index in [1.807, 2.05) is 12.3 Å². The van der Waals surface area contributed by atoms with Gasteiger partial charge in [-0.05, 0) is 48.9 Å². The largest absolute Gasteiger partial charge is 0.377 e. The van der Waals surface area contributed by atoms with Crippen LogP contribution in [0.3, 0.4) is 0 Å². The number of fused-ring (bicyclic) bond motifs is 1. The van der Waals surface area contributed by atoms with Crippen LogP contribution in [0, 0.1) is 0 Å². The summed E-state index contributed by atoms with van der Waals surface area (Å²) in [5.74, 6) is 2.36. The third-order valence-electron chi connectivity index (χ3n) is 8.02. The topological polar surface area (TPSA) is 92.2 Å². The summed E-state index contributed by atoms with van der Waals surface area (Å²) in [5, 5.41) is 12.9. The van der Waals surface area contributed by atoms with Crippen LogP contribution >= 0.6 is 0 Å². The quantitative estimate of drug-likeness (QED) is 0.450. The molecule has 3 aromatic heterocycles. The molecule has 1 amide bonds. The first-order chi connectivity index (χ1) is 18.2. The molecule has 1 saturated carbocycles. The van der Waals surface area contributed by atoms with E-state index in [1.165, 1.54) is 5.56 Å². The highest BCUT2D eigenvalue weighted by atomic mass is 16.5. The van der Waals surface area contributed by atoms with E-state index in [1.54, 1.807) is 10.9 Å². The molecule has 1 N–H and O–H groups in total. The van der Waals surface area contributed by atoms with Gasteiger partial charge in [-0.15, -0.1) is 0 Å². The number of ether oxygens (including phenoxy) is 1. The number of nitrogens with zero attached hydrogens (tertiary/aromatic N) is 6. The Morgan fingerprint density at radius 2 is 1.92 bits per heavy atom. The average Bonchev–Trinajstić information content (AvgIpc) is 3.45. The molecular formula is C28H31N7O2. The van der Waals surface area contributed by atoms with E-state index in [0.717, 1.165) is 60.3 Å². The lowest BCUT2D eigenvalue weighted by molar-refractivity contribution is -0.134. The highest BCUT2D eigenvalue weighted by Crippen LogP contribution is 2.37. The Kier molecular flexibility index (Phi) is 5.46. The van der Waals surface area contributed by atoms with Crippen LogP contribution in [0.4, 0.5) is 5.82 Å². The molecule has 3 aliphatic rings. The Labute approximate surface area is 215 Å². The summed E-state index contributed by atoms with van der Waals surface area (Å²) in [5.41, 5.74) is 4.32. The highest BCUT2D eigenvalue weighted by molar-refractivity contribution is 5.95. The summed E-state index contributed by atoms with van der Waals surface area (Å²) in [7, 11) is 0. The van der Waals surface area contributed by atoms with Crippen LogP contribution in [-0.4, -0.2) is 74.2 Å². The maximum atomic E-state index is 12.4. The number of carbonyl (C=O) groups excluding carboxylic acids is 1. The maximum Gasteiger partial charge on any atom is 0.222 e. The zero-order chi connectivity index (χ0) is 24.9. The van der Waals surface area contributed by atoms with Gasteiger partial charge in [-0.2, -0.15) is 14.9 Å². The van der Waals surface area contributed by atoms with Gasteiger partial charge in [0.15, 0.2) is 11.5 Å². The molecule has 9 nitrogen and oxygen atoms in total. The number of amides is 1. The van der Waals surface area contributed by atoms with Crippen LogP contribution in [0.15, 0.2) is 48.8 Å². The van der Waals surface area contributed by atoms with Gasteiger partial charge < -0.3 is 14.5 Å². The Morgan fingerprint density at radius 1 is 1.05 bits per heavy atom. The fourth-order valence-corrected chi connectivity index (χ4v) is 5.80. The molecule has 3 fully saturated rings. The Balaban J connectivity index is 1.27. The molecule has 9 heteroatoms. The smallest absolute Gasteiger partial charge is 0.222 e. The minimum absolute atomic E-state index is 0.235. The number of hydrogen-bond acceptors (Lipinski definition) is 6. The predicted molar refractivity (Wildman–Crippen MR) is 141 cm³/mol. The molecule has 37 heavy (non-hydrogen) atoms. The Bertz CT molecular complexity index is 1430. The molecule has 4 aromatic rings. The molecular weight excluding hydrogens is 466 g/mol. The molecule has 7 rings (SSSR count). The van der Waals surface area contributed by atoms with Crippen molar-refractivity contribution in [1.29, 1.82) is 0 Å². The van der Waals surface area contributed by atoms with E-state index < -0.39 is 0 Å². The summed E-state index contributed by atoms with van der Waals surface area (Å²) >= 11 is 0. The van der Waals surface area contributed by atoms with Crippen molar-refractivity contribution in [2.75, 3.05) is 31.2 Å². The average molecular weight is 498 g/mol. The van der Waals surface area contributed by atoms with Crippen LogP contribution < -0.4 is 4.90 Å². The summed E-state index contributed by atoms with van der Waals surface area (Å²) in [6, 6.07) is 13.7. The van der Waals surface area contributed by atoms with E-state index in [0.29, 0.717) is 43.3 Å². The third kappa shape index (κ3) is 4.07. The molecule has 5 heterocycles. The first kappa shape index (κ1) is 22.5. The van der Waals surface area contributed by atoms with Gasteiger partial charge in [0.25, 0.3) is 0 Å². The number of pyridine rings is 1. The normalized spacial score (nSPS) is 22.7. The molecule has 1 aliphatic carbocycles. The number of nitrogens with one attached hydrogen (secondary N) is 1. The number of rotatable bonds is 5. The van der Waals surface area contributed by atoms with Gasteiger partial charge in [0.2, 0.25) is 5.91 Å². The van der Waals surface area contributed by atoms with Gasteiger partial charge >= 0.3 is 0 Å². The minimum atomic E-state index is 0.235. The number of anilines is 1. The fourth-order valence-electron chi connectivity index (χ4n) is 5.80. The lowest BCUT2D eigenvalue weighted by atomic mass is 9.89. The first-order valence-electron chi connectivity index (χ1n) is 13.3. The fraction of sp³-hybridized carbons (Fsp3) is 0.429. The van der Waals surface area contributed by atoms with E-state index in [4.69, 9.17) is 9.72 Å². The number of carbonyl (C=O) groups is 1. The van der Waals surface area contributed by atoms with Gasteiger partial charge in [0.1, 0.15) is 5.82 Å². The van der Waals surface area contributed by atoms with Crippen LogP contribution in [0.1, 0.15) is 44.1 Å². The summed E-state index contributed by atoms with van der Waals surface area (Å²) in [4.78, 5) is 21.9. The van der Waals surface area contributed by atoms with Gasteiger partial charge in [-0.3, -0.25) is 9.89 Å². The van der Waals surface area contributed by atoms with Crippen molar-refractivity contribution in [3.05, 3.63) is 54.4 Å². The number of morpholine rings is 1. The summed E-state index contributed by atoms with van der Waals surface area (Å²) in [6.07, 6.45) is 7.57. The van der Waals surface area contributed by atoms with E-state index in [9.17, 15) is 4.79 Å². The van der Waals surface area contributed by atoms with Crippen LogP contribution in [0.2, 0.25) is 0 Å². The maximum absolute atomic E-state index is 12.4. The number of benzene rings is 1. The summed E-state index contributed by atoms with van der Waals surface area (Å²) in [6.45, 7) is 5.19. The SMILES string of the molecule is C[C@@H]1COCCN1c1cc(-c2ccc(C3CCC(=O)N(C4CC4)C3)cc2)c2cnn(-c3cc[nH]n3)c2n1. The van der Waals surface area contributed by atoms with Crippen molar-refractivity contribution in [2.24, 2.45) is 0 Å². The first-order valence-corrected chi connectivity index (χ1v) is 13.3. The third-order valence-corrected chi connectivity index (χ3v) is 8.02. The van der Waals surface area contributed by atoms with Crippen molar-refractivity contribution < 1.29 is 9.53 Å². The molecule has 1 unspecified atom stereocenters. The molecule has 190 valence electrons. The zero-order valence-electron chi connectivity index (χ0n) is 21.0. The predicted octanol–water partition coefficient (Wildman–Crippen LogP) is 3.90. The highest BCUT2D eigenvalue weighted by Gasteiger charge is 2.37. The molecule has 2 atom stereocenters. The second-order valence-electron chi connectivity index (χ2n) is 10.5. The number of hydrogen-bond donors (Lipinski definition) is 1. The van der Waals surface area contributed by atoms with E-state index in [-0.39, 0.29) is 6.04 Å². The van der Waals surface area contributed by atoms with Crippen molar-refractivity contribution in [1.82, 2.24) is 29.9 Å². The number of aromatic nitrogens is 5. The molecule has 0 spiro atoms. The van der Waals surface area contributed by atoms with Crippen molar-refractivity contribution >= 4 is 22.8 Å². The van der Waals surface area contributed by atoms with Crippen molar-refractivity contribution in [2.45, 2.75) is 50.6 Å². The van der Waals surface area contributed by atoms with Gasteiger partial charge in [0.05, 0.1) is 25.5 Å². The molecule has 0 bridgehead atoms. The van der Waals surface area contributed by atoms with Crippen LogP contribution in [0.5, 0.6) is 0 Å². The molecule has 2 aliphatic heterocycles. The molecule has 0 radical (unpaired) electrons. The monoisotopic (exact) mass is 497 g/mol.